The number of nitrogens with zero attached hydrogens (tertiary/aromatic N) is 3. The Labute approximate surface area is 422 Å². The van der Waals surface area contributed by atoms with Gasteiger partial charge in [0.25, 0.3) is 0 Å². The summed E-state index contributed by atoms with van der Waals surface area (Å²) in [4.78, 5) is 0. The van der Waals surface area contributed by atoms with Crippen molar-refractivity contribution < 1.29 is 0 Å². The maximum Gasteiger partial charge on any atom is 0.0541 e. The van der Waals surface area contributed by atoms with Crippen LogP contribution in [0.25, 0.3) is 138 Å². The van der Waals surface area contributed by atoms with E-state index in [0.717, 1.165) is 39.1 Å². The van der Waals surface area contributed by atoms with Crippen molar-refractivity contribution in [1.82, 2.24) is 13.7 Å². The second kappa shape index (κ2) is 16.4. The van der Waals surface area contributed by atoms with Crippen molar-refractivity contribution in [2.24, 2.45) is 0 Å². The first-order valence-corrected chi connectivity index (χ1v) is 25.0. The minimum Gasteiger partial charge on any atom is -0.309 e. The van der Waals surface area contributed by atoms with Crippen LogP contribution in [0.1, 0.15) is 0 Å². The fourth-order valence-corrected chi connectivity index (χ4v) is 11.5. The molecule has 0 aliphatic heterocycles. The third-order valence-corrected chi connectivity index (χ3v) is 15.1. The van der Waals surface area contributed by atoms with Gasteiger partial charge >= 0.3 is 0 Å². The van der Waals surface area contributed by atoms with Crippen molar-refractivity contribution in [2.75, 3.05) is 0 Å². The predicted molar refractivity (Wildman–Crippen MR) is 306 cm³/mol. The molecule has 0 saturated heterocycles. The molecule has 0 N–H and O–H groups in total. The fraction of sp³-hybridized carbons (Fsp3) is 0. The summed E-state index contributed by atoms with van der Waals surface area (Å²) in [6.07, 6.45) is 0. The van der Waals surface area contributed by atoms with Gasteiger partial charge in [0, 0.05) is 60.5 Å². The second-order valence-corrected chi connectivity index (χ2v) is 19.2. The van der Waals surface area contributed by atoms with E-state index in [1.54, 1.807) is 0 Å². The number of aromatic nitrogens is 3. The van der Waals surface area contributed by atoms with Crippen LogP contribution in [0.5, 0.6) is 0 Å². The number of hydrogen-bond donors (Lipinski definition) is 0. The molecule has 0 saturated carbocycles. The Kier molecular flexibility index (Phi) is 9.17. The molecule has 0 aliphatic carbocycles. The van der Waals surface area contributed by atoms with Gasteiger partial charge in [-0.1, -0.05) is 164 Å². The van der Waals surface area contributed by atoms with Crippen molar-refractivity contribution in [3.05, 3.63) is 273 Å². The molecular formula is C70H43N3. The lowest BCUT2D eigenvalue weighted by atomic mass is 9.97. The summed E-state index contributed by atoms with van der Waals surface area (Å²) in [6.45, 7) is 0. The Morgan fingerprint density at radius 3 is 1.04 bits per heavy atom. The monoisotopic (exact) mass is 925 g/mol. The average Bonchev–Trinajstić information content (AvgIpc) is 4.11. The first-order valence-electron chi connectivity index (χ1n) is 25.0. The maximum atomic E-state index is 3.58. The zero-order valence-corrected chi connectivity index (χ0v) is 39.7. The number of benzene rings is 11. The first kappa shape index (κ1) is 41.0. The van der Waals surface area contributed by atoms with Gasteiger partial charge in [0.15, 0.2) is 0 Å². The lowest BCUT2D eigenvalue weighted by molar-refractivity contribution is 1.18. The Bertz CT molecular complexity index is 4370. The third kappa shape index (κ3) is 6.62. The molecule has 73 heavy (non-hydrogen) atoms. The summed E-state index contributed by atoms with van der Waals surface area (Å²) < 4.78 is 7.14. The Morgan fingerprint density at radius 2 is 0.562 bits per heavy atom. The lowest BCUT2D eigenvalue weighted by Gasteiger charge is -2.10. The van der Waals surface area contributed by atoms with Crippen LogP contribution >= 0.6 is 0 Å². The van der Waals surface area contributed by atoms with Crippen molar-refractivity contribution >= 4 is 76.2 Å². The van der Waals surface area contributed by atoms with Gasteiger partial charge in [-0.15, -0.1) is 0 Å². The molecule has 3 heterocycles. The van der Waals surface area contributed by atoms with Gasteiger partial charge in [0.05, 0.1) is 33.1 Å². The van der Waals surface area contributed by atoms with Crippen LogP contribution in [0.15, 0.2) is 261 Å². The smallest absolute Gasteiger partial charge is 0.0541 e. The summed E-state index contributed by atoms with van der Waals surface area (Å²) in [5, 5.41) is 9.81. The molecule has 0 unspecified atom stereocenters. The van der Waals surface area contributed by atoms with Gasteiger partial charge in [-0.25, -0.2) is 0 Å². The van der Waals surface area contributed by atoms with E-state index in [1.165, 1.54) is 98.6 Å². The minimum atomic E-state index is 1.01. The highest BCUT2D eigenvalue weighted by molar-refractivity contribution is 6.13. The summed E-state index contributed by atoms with van der Waals surface area (Å²) in [5.41, 5.74) is 19.6. The number of para-hydroxylation sites is 4. The summed E-state index contributed by atoms with van der Waals surface area (Å²) in [7, 11) is 0. The molecule has 12 aromatic carbocycles. The number of hydrogen-bond acceptors (Lipinski definition) is 0. The third-order valence-electron chi connectivity index (χ3n) is 15.1. The number of rotatable bonds is 7. The number of fused-ring (bicyclic) bond motifs is 10. The fourth-order valence-electron chi connectivity index (χ4n) is 11.5. The van der Waals surface area contributed by atoms with Gasteiger partial charge in [-0.05, 0) is 153 Å². The van der Waals surface area contributed by atoms with E-state index < -0.39 is 0 Å². The van der Waals surface area contributed by atoms with Crippen molar-refractivity contribution in [3.63, 3.8) is 0 Å². The van der Waals surface area contributed by atoms with E-state index in [9.17, 15) is 0 Å². The molecule has 3 nitrogen and oxygen atoms in total. The van der Waals surface area contributed by atoms with E-state index in [1.807, 2.05) is 0 Å². The van der Waals surface area contributed by atoms with Crippen molar-refractivity contribution in [2.45, 2.75) is 0 Å². The molecule has 338 valence electrons. The lowest BCUT2D eigenvalue weighted by Crippen LogP contribution is -1.94. The minimum absolute atomic E-state index is 1.01. The molecule has 0 aliphatic rings. The Balaban J connectivity index is 0.807. The molecule has 15 rings (SSSR count). The second-order valence-electron chi connectivity index (χ2n) is 19.2. The van der Waals surface area contributed by atoms with Gasteiger partial charge < -0.3 is 13.7 Å². The van der Waals surface area contributed by atoms with E-state index >= 15 is 0 Å². The topological polar surface area (TPSA) is 14.8 Å². The quantitative estimate of drug-likeness (QED) is 0.151. The summed E-state index contributed by atoms with van der Waals surface area (Å²) in [5.74, 6) is 0. The van der Waals surface area contributed by atoms with Gasteiger partial charge in [-0.3, -0.25) is 0 Å². The first-order chi connectivity index (χ1) is 36.2. The van der Waals surface area contributed by atoms with E-state index in [2.05, 4.69) is 287 Å². The van der Waals surface area contributed by atoms with E-state index in [4.69, 9.17) is 0 Å². The molecule has 0 spiro atoms. The van der Waals surface area contributed by atoms with Crippen LogP contribution in [0, 0.1) is 12.1 Å². The highest BCUT2D eigenvalue weighted by Crippen LogP contribution is 2.40. The van der Waals surface area contributed by atoms with Crippen LogP contribution in [0.3, 0.4) is 0 Å². The molecule has 0 atom stereocenters. The molecule has 15 aromatic rings. The Hall–Kier alpha value is -9.88. The summed E-state index contributed by atoms with van der Waals surface area (Å²) >= 11 is 0. The summed E-state index contributed by atoms with van der Waals surface area (Å²) in [6, 6.07) is 102. The van der Waals surface area contributed by atoms with Crippen LogP contribution in [-0.4, -0.2) is 13.7 Å². The van der Waals surface area contributed by atoms with Gasteiger partial charge in [-0.2, -0.15) is 0 Å². The molecule has 0 fully saturated rings. The highest BCUT2D eigenvalue weighted by Gasteiger charge is 2.18. The van der Waals surface area contributed by atoms with Crippen LogP contribution < -0.4 is 0 Å². The van der Waals surface area contributed by atoms with Crippen LogP contribution in [0.2, 0.25) is 0 Å². The van der Waals surface area contributed by atoms with Crippen LogP contribution in [-0.2, 0) is 0 Å². The standard InChI is InChI=1S/C70H43N3/c1-3-15-56(16-4-1)71-65-21-11-9-19-59(65)61-42-52(32-37-67(61)71)47-23-27-49(28-24-47)54-34-39-69-63(44-54)64-45-55(35-40-70(64)73(69)58-36-31-46-13-7-8-14-51(46)41-58)50-29-25-48(26-30-50)53-33-38-68-62(43-53)60-20-10-12-22-66(60)72(68)57-17-5-2-6-18-57/h1-25,27-29,31-45H. The predicted octanol–water partition coefficient (Wildman–Crippen LogP) is 18.4. The Morgan fingerprint density at radius 1 is 0.205 bits per heavy atom. The normalized spacial score (nSPS) is 11.7. The molecule has 3 heteroatoms. The largest absolute Gasteiger partial charge is 0.309 e. The maximum absolute atomic E-state index is 3.58. The zero-order chi connectivity index (χ0) is 48.0. The molecule has 0 radical (unpaired) electrons. The SMILES string of the molecule is c1c(-c2ccc3c(c2)c2ccccc2n3-c2ccccc2)ccc(-c2ccc3c(c2)c2cc(-c4ccc(-c5ccc6c(c5)c5ccccc5n6-c5ccccc5)cc4)ccc2n3-c2ccc3ccccc3c2)c#1. The average molecular weight is 926 g/mol. The molecular weight excluding hydrogens is 883 g/mol. The van der Waals surface area contributed by atoms with E-state index in [0.29, 0.717) is 0 Å². The zero-order valence-electron chi connectivity index (χ0n) is 39.7. The molecule has 0 amide bonds. The van der Waals surface area contributed by atoms with E-state index in [-0.39, 0.29) is 0 Å². The van der Waals surface area contributed by atoms with Gasteiger partial charge in [0.1, 0.15) is 0 Å². The van der Waals surface area contributed by atoms with Gasteiger partial charge in [0.2, 0.25) is 0 Å². The van der Waals surface area contributed by atoms with Crippen LogP contribution in [0.4, 0.5) is 0 Å². The molecule has 3 aromatic heterocycles. The molecule has 0 bridgehead atoms. The van der Waals surface area contributed by atoms with Crippen molar-refractivity contribution in [3.8, 4) is 61.6 Å². The highest BCUT2D eigenvalue weighted by atomic mass is 15.0. The van der Waals surface area contributed by atoms with Crippen molar-refractivity contribution in [1.29, 1.82) is 0 Å².